The van der Waals surface area contributed by atoms with E-state index in [1.54, 1.807) is 12.1 Å². The number of carbonyl (C=O) groups excluding carboxylic acids is 1. The zero-order valence-corrected chi connectivity index (χ0v) is 9.30. The van der Waals surface area contributed by atoms with Gasteiger partial charge in [-0.3, -0.25) is 4.79 Å². The van der Waals surface area contributed by atoms with Gasteiger partial charge in [0.05, 0.1) is 25.7 Å². The maximum absolute atomic E-state index is 11.1. The third-order valence-electron chi connectivity index (χ3n) is 1.95. The first-order chi connectivity index (χ1) is 7.08. The smallest absolute Gasteiger partial charge is 0.310 e. The number of ether oxygens (including phenoxy) is 2. The van der Waals surface area contributed by atoms with Crippen molar-refractivity contribution in [1.82, 2.24) is 0 Å². The van der Waals surface area contributed by atoms with Crippen molar-refractivity contribution < 1.29 is 14.3 Å². The molecule has 5 heteroatoms. The van der Waals surface area contributed by atoms with Crippen LogP contribution in [0.5, 0.6) is 5.75 Å². The molecule has 0 unspecified atom stereocenters. The molecular weight excluding hydrogens is 218 g/mol. The number of nitrogens with two attached hydrogens (primary N) is 1. The quantitative estimate of drug-likeness (QED) is 0.632. The molecular formula is C10H12ClNO3. The molecule has 4 nitrogen and oxygen atoms in total. The average Bonchev–Trinajstić information content (AvgIpc) is 2.21. The Balaban J connectivity index is 3.09. The molecule has 0 bridgehead atoms. The monoisotopic (exact) mass is 229 g/mol. The van der Waals surface area contributed by atoms with Gasteiger partial charge in [0.15, 0.2) is 0 Å². The summed E-state index contributed by atoms with van der Waals surface area (Å²) in [5, 5.41) is 0.400. The number of hydrogen-bond acceptors (Lipinski definition) is 4. The van der Waals surface area contributed by atoms with Crippen LogP contribution in [0.3, 0.4) is 0 Å². The lowest BCUT2D eigenvalue weighted by molar-refractivity contribution is -0.139. The fourth-order valence-electron chi connectivity index (χ4n) is 1.20. The van der Waals surface area contributed by atoms with Crippen molar-refractivity contribution in [3.8, 4) is 5.75 Å². The molecule has 0 aliphatic carbocycles. The molecule has 0 aliphatic heterocycles. The lowest BCUT2D eigenvalue weighted by Crippen LogP contribution is -2.07. The molecule has 0 saturated heterocycles. The van der Waals surface area contributed by atoms with Gasteiger partial charge in [0.1, 0.15) is 5.75 Å². The van der Waals surface area contributed by atoms with E-state index in [-0.39, 0.29) is 12.4 Å². The largest absolute Gasteiger partial charge is 0.496 e. The molecule has 1 aromatic carbocycles. The number of nitrogen functional groups attached to an aromatic ring is 1. The van der Waals surface area contributed by atoms with Crippen LogP contribution in [0.2, 0.25) is 5.02 Å². The van der Waals surface area contributed by atoms with Crippen LogP contribution in [0, 0.1) is 0 Å². The van der Waals surface area contributed by atoms with E-state index in [1.807, 2.05) is 0 Å². The lowest BCUT2D eigenvalue weighted by Gasteiger charge is -2.10. The van der Waals surface area contributed by atoms with Gasteiger partial charge in [-0.2, -0.15) is 0 Å². The van der Waals surface area contributed by atoms with Gasteiger partial charge in [0.25, 0.3) is 0 Å². The molecule has 0 aliphatic rings. The Labute approximate surface area is 92.9 Å². The Bertz CT molecular complexity index is 379. The summed E-state index contributed by atoms with van der Waals surface area (Å²) in [6.45, 7) is 0. The maximum atomic E-state index is 11.1. The standard InChI is InChI=1S/C10H12ClNO3/c1-14-9-4-6(12)3-8(11)7(9)5-10(13)15-2/h3-4H,5,12H2,1-2H3. The van der Waals surface area contributed by atoms with Gasteiger partial charge in [0, 0.05) is 17.3 Å². The molecule has 0 amide bonds. The van der Waals surface area contributed by atoms with E-state index in [9.17, 15) is 4.79 Å². The van der Waals surface area contributed by atoms with Crippen LogP contribution in [0.4, 0.5) is 5.69 Å². The fraction of sp³-hybridized carbons (Fsp3) is 0.300. The third kappa shape index (κ3) is 2.76. The minimum atomic E-state index is -0.375. The van der Waals surface area contributed by atoms with Gasteiger partial charge in [-0.25, -0.2) is 0 Å². The number of esters is 1. The minimum Gasteiger partial charge on any atom is -0.496 e. The average molecular weight is 230 g/mol. The number of benzene rings is 1. The molecule has 0 fully saturated rings. The zero-order valence-electron chi connectivity index (χ0n) is 8.54. The first-order valence-corrected chi connectivity index (χ1v) is 4.65. The molecule has 0 heterocycles. The van der Waals surface area contributed by atoms with E-state index in [0.29, 0.717) is 22.0 Å². The van der Waals surface area contributed by atoms with E-state index in [1.165, 1.54) is 14.2 Å². The normalized spacial score (nSPS) is 9.80. The highest BCUT2D eigenvalue weighted by atomic mass is 35.5. The Morgan fingerprint density at radius 3 is 2.67 bits per heavy atom. The summed E-state index contributed by atoms with van der Waals surface area (Å²) in [6, 6.07) is 3.19. The molecule has 2 N–H and O–H groups in total. The van der Waals surface area contributed by atoms with Crippen molar-refractivity contribution in [3.63, 3.8) is 0 Å². The summed E-state index contributed by atoms with van der Waals surface area (Å²) >= 11 is 5.95. The number of halogens is 1. The van der Waals surface area contributed by atoms with Crippen molar-refractivity contribution in [3.05, 3.63) is 22.7 Å². The van der Waals surface area contributed by atoms with Crippen LogP contribution in [0.1, 0.15) is 5.56 Å². The number of anilines is 1. The molecule has 0 atom stereocenters. The summed E-state index contributed by atoms with van der Waals surface area (Å²) in [4.78, 5) is 11.1. The van der Waals surface area contributed by atoms with Crippen molar-refractivity contribution in [2.24, 2.45) is 0 Å². The van der Waals surface area contributed by atoms with Crippen LogP contribution < -0.4 is 10.5 Å². The molecule has 1 rings (SSSR count). The molecule has 0 aromatic heterocycles. The molecule has 0 saturated carbocycles. The van der Waals surface area contributed by atoms with E-state index in [4.69, 9.17) is 22.1 Å². The van der Waals surface area contributed by atoms with Gasteiger partial charge in [-0.05, 0) is 6.07 Å². The number of methoxy groups -OCH3 is 2. The van der Waals surface area contributed by atoms with Crippen molar-refractivity contribution >= 4 is 23.3 Å². The number of hydrogen-bond donors (Lipinski definition) is 1. The van der Waals surface area contributed by atoms with Crippen LogP contribution >= 0.6 is 11.6 Å². The maximum Gasteiger partial charge on any atom is 0.310 e. The van der Waals surface area contributed by atoms with E-state index < -0.39 is 0 Å². The first kappa shape index (κ1) is 11.7. The molecule has 0 spiro atoms. The zero-order chi connectivity index (χ0) is 11.4. The Morgan fingerprint density at radius 1 is 1.47 bits per heavy atom. The van der Waals surface area contributed by atoms with Gasteiger partial charge >= 0.3 is 5.97 Å². The van der Waals surface area contributed by atoms with Gasteiger partial charge in [-0.1, -0.05) is 11.6 Å². The van der Waals surface area contributed by atoms with Crippen LogP contribution in [0.25, 0.3) is 0 Å². The number of carbonyl (C=O) groups is 1. The second-order valence-corrected chi connectivity index (χ2v) is 3.34. The Hall–Kier alpha value is -1.42. The minimum absolute atomic E-state index is 0.0682. The summed E-state index contributed by atoms with van der Waals surface area (Å²) in [6.07, 6.45) is 0.0682. The first-order valence-electron chi connectivity index (χ1n) is 4.27. The van der Waals surface area contributed by atoms with Crippen LogP contribution in [0.15, 0.2) is 12.1 Å². The van der Waals surface area contributed by atoms with Crippen molar-refractivity contribution in [1.29, 1.82) is 0 Å². The van der Waals surface area contributed by atoms with Gasteiger partial charge in [0.2, 0.25) is 0 Å². The van der Waals surface area contributed by atoms with Gasteiger partial charge in [-0.15, -0.1) is 0 Å². The fourth-order valence-corrected chi connectivity index (χ4v) is 1.49. The predicted octanol–water partition coefficient (Wildman–Crippen LogP) is 1.65. The van der Waals surface area contributed by atoms with E-state index in [2.05, 4.69) is 4.74 Å². The highest BCUT2D eigenvalue weighted by molar-refractivity contribution is 6.32. The third-order valence-corrected chi connectivity index (χ3v) is 2.28. The summed E-state index contributed by atoms with van der Waals surface area (Å²) in [5.41, 5.74) is 6.66. The Morgan fingerprint density at radius 2 is 2.13 bits per heavy atom. The molecule has 82 valence electrons. The topological polar surface area (TPSA) is 61.5 Å². The molecule has 0 radical (unpaired) electrons. The van der Waals surface area contributed by atoms with Crippen LogP contribution in [-0.2, 0) is 16.0 Å². The highest BCUT2D eigenvalue weighted by Crippen LogP contribution is 2.30. The predicted molar refractivity (Wildman–Crippen MR) is 58.1 cm³/mol. The van der Waals surface area contributed by atoms with Crippen molar-refractivity contribution in [2.45, 2.75) is 6.42 Å². The summed E-state index contributed by atoms with van der Waals surface area (Å²) in [7, 11) is 2.81. The summed E-state index contributed by atoms with van der Waals surface area (Å²) < 4.78 is 9.63. The molecule has 1 aromatic rings. The second kappa shape index (κ2) is 4.89. The van der Waals surface area contributed by atoms with Gasteiger partial charge < -0.3 is 15.2 Å². The summed E-state index contributed by atoms with van der Waals surface area (Å²) in [5.74, 6) is 0.116. The van der Waals surface area contributed by atoms with E-state index in [0.717, 1.165) is 0 Å². The Kier molecular flexibility index (Phi) is 3.80. The number of rotatable bonds is 3. The SMILES string of the molecule is COC(=O)Cc1c(Cl)cc(N)cc1OC. The van der Waals surface area contributed by atoms with Crippen molar-refractivity contribution in [2.75, 3.05) is 20.0 Å². The highest BCUT2D eigenvalue weighted by Gasteiger charge is 2.13. The second-order valence-electron chi connectivity index (χ2n) is 2.94. The molecule has 15 heavy (non-hydrogen) atoms. The van der Waals surface area contributed by atoms with E-state index >= 15 is 0 Å². The van der Waals surface area contributed by atoms with Crippen LogP contribution in [-0.4, -0.2) is 20.2 Å². The lowest BCUT2D eigenvalue weighted by atomic mass is 10.1.